The highest BCUT2D eigenvalue weighted by molar-refractivity contribution is 6.40. The molecule has 3 nitrogen and oxygen atoms in total. The van der Waals surface area contributed by atoms with Crippen LogP contribution >= 0.6 is 0 Å². The molecule has 3 aromatic rings. The number of hydrogen-bond acceptors (Lipinski definition) is 3. The number of allylic oxidation sites excluding steroid dienone is 2. The van der Waals surface area contributed by atoms with Gasteiger partial charge in [-0.1, -0.05) is 54.6 Å². The lowest BCUT2D eigenvalue weighted by molar-refractivity contribution is 0.100. The number of carbonyl (C=O) groups excluding carboxylic acids is 2. The average molecular weight is 314 g/mol. The van der Waals surface area contributed by atoms with Crippen LogP contribution in [0, 0.1) is 0 Å². The molecule has 0 saturated carbocycles. The molecule has 0 aliphatic heterocycles. The molecule has 0 saturated heterocycles. The van der Waals surface area contributed by atoms with E-state index in [-0.39, 0.29) is 11.6 Å². The molecular formula is C21H14O3. The number of ketones is 2. The Hall–Kier alpha value is -3.20. The van der Waals surface area contributed by atoms with Crippen LogP contribution in [0.5, 0.6) is 5.75 Å². The maximum Gasteiger partial charge on any atom is 0.194 e. The van der Waals surface area contributed by atoms with Crippen molar-refractivity contribution in [3.05, 3.63) is 83.4 Å². The quantitative estimate of drug-likeness (QED) is 0.708. The second-order valence-electron chi connectivity index (χ2n) is 5.66. The Morgan fingerprint density at radius 1 is 0.792 bits per heavy atom. The van der Waals surface area contributed by atoms with Crippen LogP contribution in [0.1, 0.15) is 26.3 Å². The zero-order valence-electron chi connectivity index (χ0n) is 13.1. The van der Waals surface area contributed by atoms with Gasteiger partial charge in [-0.15, -0.1) is 0 Å². The molecule has 0 fully saturated rings. The summed E-state index contributed by atoms with van der Waals surface area (Å²) in [5, 5.41) is 1.89. The SMILES string of the molecule is COc1ccc2ccccc2c1C1=CC(=O)c2ccccc2C1=O. The van der Waals surface area contributed by atoms with E-state index in [1.54, 1.807) is 31.4 Å². The topological polar surface area (TPSA) is 43.4 Å². The van der Waals surface area contributed by atoms with Gasteiger partial charge in [0.15, 0.2) is 11.6 Å². The van der Waals surface area contributed by atoms with E-state index < -0.39 is 0 Å². The second kappa shape index (κ2) is 5.46. The van der Waals surface area contributed by atoms with E-state index in [9.17, 15) is 9.59 Å². The third kappa shape index (κ3) is 2.06. The van der Waals surface area contributed by atoms with Crippen molar-refractivity contribution in [1.82, 2.24) is 0 Å². The number of methoxy groups -OCH3 is 1. The van der Waals surface area contributed by atoms with E-state index in [4.69, 9.17) is 4.74 Å². The van der Waals surface area contributed by atoms with Crippen LogP contribution in [0.4, 0.5) is 0 Å². The molecule has 0 N–H and O–H groups in total. The number of hydrogen-bond donors (Lipinski definition) is 0. The van der Waals surface area contributed by atoms with Crippen LogP contribution in [0.25, 0.3) is 16.3 Å². The molecule has 0 atom stereocenters. The summed E-state index contributed by atoms with van der Waals surface area (Å²) in [4.78, 5) is 25.5. The van der Waals surface area contributed by atoms with Crippen molar-refractivity contribution in [2.24, 2.45) is 0 Å². The average Bonchev–Trinajstić information content (AvgIpc) is 2.64. The first-order valence-corrected chi connectivity index (χ1v) is 7.66. The summed E-state index contributed by atoms with van der Waals surface area (Å²) < 4.78 is 5.47. The maximum atomic E-state index is 13.0. The van der Waals surface area contributed by atoms with E-state index in [2.05, 4.69) is 0 Å². The van der Waals surface area contributed by atoms with E-state index in [0.29, 0.717) is 28.0 Å². The van der Waals surface area contributed by atoms with Crippen LogP contribution < -0.4 is 4.74 Å². The van der Waals surface area contributed by atoms with Gasteiger partial charge in [0, 0.05) is 22.3 Å². The lowest BCUT2D eigenvalue weighted by Crippen LogP contribution is -2.16. The first-order valence-electron chi connectivity index (χ1n) is 7.66. The van der Waals surface area contributed by atoms with Crippen molar-refractivity contribution in [2.75, 3.05) is 7.11 Å². The van der Waals surface area contributed by atoms with Crippen molar-refractivity contribution < 1.29 is 14.3 Å². The fourth-order valence-corrected chi connectivity index (χ4v) is 3.20. The van der Waals surface area contributed by atoms with E-state index in [0.717, 1.165) is 10.8 Å². The minimum Gasteiger partial charge on any atom is -0.496 e. The predicted octanol–water partition coefficient (Wildman–Crippen LogP) is 4.31. The van der Waals surface area contributed by atoms with Gasteiger partial charge in [-0.2, -0.15) is 0 Å². The summed E-state index contributed by atoms with van der Waals surface area (Å²) in [6.07, 6.45) is 1.43. The molecular weight excluding hydrogens is 300 g/mol. The molecule has 1 aliphatic rings. The summed E-state index contributed by atoms with van der Waals surface area (Å²) >= 11 is 0. The summed E-state index contributed by atoms with van der Waals surface area (Å²) in [5.41, 5.74) is 1.94. The molecule has 3 heteroatoms. The van der Waals surface area contributed by atoms with Crippen molar-refractivity contribution in [3.8, 4) is 5.75 Å². The van der Waals surface area contributed by atoms with Gasteiger partial charge in [0.05, 0.1) is 7.11 Å². The Morgan fingerprint density at radius 3 is 2.29 bits per heavy atom. The van der Waals surface area contributed by atoms with Crippen LogP contribution in [0.15, 0.2) is 66.7 Å². The summed E-state index contributed by atoms with van der Waals surface area (Å²) in [6, 6.07) is 18.5. The van der Waals surface area contributed by atoms with Gasteiger partial charge < -0.3 is 4.74 Å². The van der Waals surface area contributed by atoms with Crippen LogP contribution in [-0.4, -0.2) is 18.7 Å². The van der Waals surface area contributed by atoms with Gasteiger partial charge in [0.25, 0.3) is 0 Å². The Kier molecular flexibility index (Phi) is 3.28. The van der Waals surface area contributed by atoms with Gasteiger partial charge in [0.1, 0.15) is 5.75 Å². The van der Waals surface area contributed by atoms with E-state index in [1.165, 1.54) is 6.08 Å². The summed E-state index contributed by atoms with van der Waals surface area (Å²) in [5.74, 6) is 0.274. The van der Waals surface area contributed by atoms with Crippen molar-refractivity contribution >= 4 is 27.9 Å². The number of benzene rings is 3. The number of ether oxygens (including phenoxy) is 1. The van der Waals surface area contributed by atoms with Crippen molar-refractivity contribution in [2.45, 2.75) is 0 Å². The van der Waals surface area contributed by atoms with E-state index in [1.807, 2.05) is 36.4 Å². The number of fused-ring (bicyclic) bond motifs is 2. The third-order valence-corrected chi connectivity index (χ3v) is 4.34. The minimum absolute atomic E-state index is 0.153. The summed E-state index contributed by atoms with van der Waals surface area (Å²) in [7, 11) is 1.57. The maximum absolute atomic E-state index is 13.0. The smallest absolute Gasteiger partial charge is 0.194 e. The fourth-order valence-electron chi connectivity index (χ4n) is 3.20. The first kappa shape index (κ1) is 14.4. The zero-order chi connectivity index (χ0) is 16.7. The molecule has 0 aromatic heterocycles. The van der Waals surface area contributed by atoms with Gasteiger partial charge in [-0.3, -0.25) is 9.59 Å². The molecule has 1 aliphatic carbocycles. The third-order valence-electron chi connectivity index (χ3n) is 4.34. The second-order valence-corrected chi connectivity index (χ2v) is 5.66. The molecule has 0 amide bonds. The molecule has 0 spiro atoms. The molecule has 0 bridgehead atoms. The molecule has 0 unspecified atom stereocenters. The van der Waals surface area contributed by atoms with Crippen LogP contribution in [0.3, 0.4) is 0 Å². The Labute approximate surface area is 139 Å². The molecule has 4 rings (SSSR count). The molecule has 3 aromatic carbocycles. The largest absolute Gasteiger partial charge is 0.496 e. The van der Waals surface area contributed by atoms with Gasteiger partial charge >= 0.3 is 0 Å². The fraction of sp³-hybridized carbons (Fsp3) is 0.0476. The van der Waals surface area contributed by atoms with Gasteiger partial charge in [-0.25, -0.2) is 0 Å². The zero-order valence-corrected chi connectivity index (χ0v) is 13.1. The highest BCUT2D eigenvalue weighted by Gasteiger charge is 2.28. The Morgan fingerprint density at radius 2 is 1.50 bits per heavy atom. The van der Waals surface area contributed by atoms with Crippen LogP contribution in [0.2, 0.25) is 0 Å². The Bertz CT molecular complexity index is 1030. The number of rotatable bonds is 2. The molecule has 24 heavy (non-hydrogen) atoms. The molecule has 0 radical (unpaired) electrons. The first-order chi connectivity index (χ1) is 11.7. The monoisotopic (exact) mass is 314 g/mol. The number of Topliss-reactive ketones (excluding diaryl/α,β-unsaturated/α-hetero) is 1. The molecule has 0 heterocycles. The van der Waals surface area contributed by atoms with Crippen LogP contribution in [-0.2, 0) is 0 Å². The summed E-state index contributed by atoms with van der Waals surface area (Å²) in [6.45, 7) is 0. The lowest BCUT2D eigenvalue weighted by Gasteiger charge is -2.18. The normalized spacial score (nSPS) is 13.6. The Balaban J connectivity index is 2.02. The lowest BCUT2D eigenvalue weighted by atomic mass is 9.84. The highest BCUT2D eigenvalue weighted by Crippen LogP contribution is 2.37. The molecule has 116 valence electrons. The van der Waals surface area contributed by atoms with Crippen molar-refractivity contribution in [1.29, 1.82) is 0 Å². The minimum atomic E-state index is -0.157. The van der Waals surface area contributed by atoms with Crippen molar-refractivity contribution in [3.63, 3.8) is 0 Å². The highest BCUT2D eigenvalue weighted by atomic mass is 16.5. The van der Waals surface area contributed by atoms with E-state index >= 15 is 0 Å². The van der Waals surface area contributed by atoms with Gasteiger partial charge in [0.2, 0.25) is 0 Å². The predicted molar refractivity (Wildman–Crippen MR) is 93.6 cm³/mol. The van der Waals surface area contributed by atoms with Gasteiger partial charge in [-0.05, 0) is 22.9 Å². The standard InChI is InChI=1S/C21H14O3/c1-24-19-11-10-13-6-2-3-7-14(13)20(19)17-12-18(22)15-8-4-5-9-16(15)21(17)23/h2-12H,1H3. The number of carbonyl (C=O) groups is 2.